The molecular weight excluding hydrogens is 274 g/mol. The molecule has 2 aromatic heterocycles. The van der Waals surface area contributed by atoms with E-state index in [4.69, 9.17) is 0 Å². The van der Waals surface area contributed by atoms with Crippen molar-refractivity contribution in [3.63, 3.8) is 0 Å². The number of rotatable bonds is 3. The molecule has 0 bridgehead atoms. The highest BCUT2D eigenvalue weighted by Gasteiger charge is 2.11. The fraction of sp³-hybridized carbons (Fsp3) is 0.214. The minimum absolute atomic E-state index is 0.115. The third-order valence-electron chi connectivity index (χ3n) is 3.35. The standard InChI is InChI=1S/C14H13N3O2S/c1-9-10(2)20-14(15-9)8-16-6-5-11-3-4-12(17(18)19)7-13(11)16/h3-7H,8H2,1-2H3. The molecule has 0 saturated carbocycles. The van der Waals surface area contributed by atoms with Gasteiger partial charge in [0.25, 0.3) is 5.69 Å². The van der Waals surface area contributed by atoms with Crippen molar-refractivity contribution in [2.24, 2.45) is 0 Å². The molecule has 20 heavy (non-hydrogen) atoms. The summed E-state index contributed by atoms with van der Waals surface area (Å²) in [5.41, 5.74) is 2.03. The second-order valence-electron chi connectivity index (χ2n) is 4.69. The fourth-order valence-corrected chi connectivity index (χ4v) is 3.11. The van der Waals surface area contributed by atoms with E-state index in [9.17, 15) is 10.1 Å². The van der Waals surface area contributed by atoms with Crippen LogP contribution in [0.4, 0.5) is 5.69 Å². The van der Waals surface area contributed by atoms with Gasteiger partial charge in [0.1, 0.15) is 5.01 Å². The first-order chi connectivity index (χ1) is 9.54. The zero-order valence-electron chi connectivity index (χ0n) is 11.2. The van der Waals surface area contributed by atoms with Crippen LogP contribution in [0.3, 0.4) is 0 Å². The lowest BCUT2D eigenvalue weighted by molar-refractivity contribution is -0.384. The van der Waals surface area contributed by atoms with Crippen molar-refractivity contribution in [3.8, 4) is 0 Å². The first-order valence-electron chi connectivity index (χ1n) is 6.21. The van der Waals surface area contributed by atoms with Crippen LogP contribution in [0.2, 0.25) is 0 Å². The number of fused-ring (bicyclic) bond motifs is 1. The van der Waals surface area contributed by atoms with Crippen molar-refractivity contribution in [1.82, 2.24) is 9.55 Å². The van der Waals surface area contributed by atoms with Gasteiger partial charge in [0.15, 0.2) is 0 Å². The SMILES string of the molecule is Cc1nc(Cn2ccc3ccc([N+](=O)[O-])cc32)sc1C. The molecule has 3 rings (SSSR count). The molecule has 0 unspecified atom stereocenters. The monoisotopic (exact) mass is 287 g/mol. The molecule has 0 N–H and O–H groups in total. The topological polar surface area (TPSA) is 61.0 Å². The van der Waals surface area contributed by atoms with Gasteiger partial charge < -0.3 is 4.57 Å². The smallest absolute Gasteiger partial charge is 0.271 e. The molecule has 0 saturated heterocycles. The van der Waals surface area contributed by atoms with E-state index < -0.39 is 0 Å². The van der Waals surface area contributed by atoms with Crippen molar-refractivity contribution in [1.29, 1.82) is 0 Å². The Hall–Kier alpha value is -2.21. The Labute approximate surface area is 119 Å². The van der Waals surface area contributed by atoms with Crippen LogP contribution in [0, 0.1) is 24.0 Å². The lowest BCUT2D eigenvalue weighted by atomic mass is 10.2. The van der Waals surface area contributed by atoms with Gasteiger partial charge in [0, 0.05) is 28.6 Å². The van der Waals surface area contributed by atoms with Gasteiger partial charge >= 0.3 is 0 Å². The summed E-state index contributed by atoms with van der Waals surface area (Å²) in [6.45, 7) is 4.69. The molecule has 0 radical (unpaired) electrons. The molecule has 1 aromatic carbocycles. The Morgan fingerprint density at radius 3 is 2.80 bits per heavy atom. The number of nitrogens with zero attached hydrogens (tertiary/aromatic N) is 3. The summed E-state index contributed by atoms with van der Waals surface area (Å²) >= 11 is 1.67. The normalized spacial score (nSPS) is 11.1. The van der Waals surface area contributed by atoms with E-state index >= 15 is 0 Å². The molecule has 0 aliphatic carbocycles. The number of aryl methyl sites for hydroxylation is 2. The van der Waals surface area contributed by atoms with Crippen molar-refractivity contribution in [2.45, 2.75) is 20.4 Å². The van der Waals surface area contributed by atoms with Gasteiger partial charge in [-0.05, 0) is 26.0 Å². The van der Waals surface area contributed by atoms with E-state index in [1.807, 2.05) is 23.8 Å². The average Bonchev–Trinajstić information content (AvgIpc) is 2.94. The van der Waals surface area contributed by atoms with E-state index in [1.54, 1.807) is 23.5 Å². The maximum absolute atomic E-state index is 10.9. The number of thiazole rings is 1. The van der Waals surface area contributed by atoms with Gasteiger partial charge in [-0.1, -0.05) is 0 Å². The Morgan fingerprint density at radius 2 is 2.15 bits per heavy atom. The molecular formula is C14H13N3O2S. The van der Waals surface area contributed by atoms with Crippen LogP contribution in [0.5, 0.6) is 0 Å². The number of non-ortho nitro benzene ring substituents is 1. The molecule has 0 aliphatic heterocycles. The lowest BCUT2D eigenvalue weighted by Gasteiger charge is -2.02. The van der Waals surface area contributed by atoms with Crippen LogP contribution < -0.4 is 0 Å². The molecule has 0 atom stereocenters. The number of aromatic nitrogens is 2. The highest BCUT2D eigenvalue weighted by atomic mass is 32.1. The minimum atomic E-state index is -0.367. The summed E-state index contributed by atoms with van der Waals surface area (Å²) in [6.07, 6.45) is 1.94. The zero-order valence-corrected chi connectivity index (χ0v) is 12.0. The van der Waals surface area contributed by atoms with Crippen LogP contribution >= 0.6 is 11.3 Å². The van der Waals surface area contributed by atoms with E-state index in [2.05, 4.69) is 11.9 Å². The van der Waals surface area contributed by atoms with E-state index in [0.717, 1.165) is 21.6 Å². The number of nitro groups is 1. The maximum atomic E-state index is 10.9. The number of benzene rings is 1. The summed E-state index contributed by atoms with van der Waals surface area (Å²) in [4.78, 5) is 16.2. The van der Waals surface area contributed by atoms with Gasteiger partial charge in [-0.2, -0.15) is 0 Å². The molecule has 3 aromatic rings. The molecule has 0 amide bonds. The highest BCUT2D eigenvalue weighted by Crippen LogP contribution is 2.24. The van der Waals surface area contributed by atoms with Gasteiger partial charge in [-0.3, -0.25) is 10.1 Å². The highest BCUT2D eigenvalue weighted by molar-refractivity contribution is 7.11. The summed E-state index contributed by atoms with van der Waals surface area (Å²) < 4.78 is 2.00. The lowest BCUT2D eigenvalue weighted by Crippen LogP contribution is -1.98. The Kier molecular flexibility index (Phi) is 3.02. The van der Waals surface area contributed by atoms with Gasteiger partial charge in [-0.15, -0.1) is 11.3 Å². The third kappa shape index (κ3) is 2.18. The van der Waals surface area contributed by atoms with Crippen LogP contribution in [-0.4, -0.2) is 14.5 Å². The average molecular weight is 287 g/mol. The summed E-state index contributed by atoms with van der Waals surface area (Å²) in [7, 11) is 0. The second-order valence-corrected chi connectivity index (χ2v) is 5.98. The molecule has 0 fully saturated rings. The van der Waals surface area contributed by atoms with Crippen LogP contribution in [0.15, 0.2) is 30.5 Å². The molecule has 2 heterocycles. The summed E-state index contributed by atoms with van der Waals surface area (Å²) in [5.74, 6) is 0. The summed E-state index contributed by atoms with van der Waals surface area (Å²) in [5, 5.41) is 12.9. The van der Waals surface area contributed by atoms with Crippen LogP contribution in [0.25, 0.3) is 10.9 Å². The van der Waals surface area contributed by atoms with E-state index in [-0.39, 0.29) is 10.6 Å². The molecule has 6 heteroatoms. The minimum Gasteiger partial charge on any atom is -0.340 e. The Balaban J connectivity index is 2.02. The molecule has 0 aliphatic rings. The fourth-order valence-electron chi connectivity index (χ4n) is 2.18. The molecule has 5 nitrogen and oxygen atoms in total. The Morgan fingerprint density at radius 1 is 1.35 bits per heavy atom. The zero-order chi connectivity index (χ0) is 14.3. The van der Waals surface area contributed by atoms with E-state index in [0.29, 0.717) is 6.54 Å². The maximum Gasteiger partial charge on any atom is 0.271 e. The van der Waals surface area contributed by atoms with Crippen molar-refractivity contribution >= 4 is 27.9 Å². The van der Waals surface area contributed by atoms with Gasteiger partial charge in [0.05, 0.1) is 22.7 Å². The Bertz CT molecular complexity index is 784. The van der Waals surface area contributed by atoms with Gasteiger partial charge in [-0.25, -0.2) is 4.98 Å². The van der Waals surface area contributed by atoms with Crippen molar-refractivity contribution in [3.05, 3.63) is 56.2 Å². The molecule has 0 spiro atoms. The van der Waals surface area contributed by atoms with Crippen molar-refractivity contribution < 1.29 is 4.92 Å². The predicted molar refractivity (Wildman–Crippen MR) is 79.3 cm³/mol. The molecule has 102 valence electrons. The van der Waals surface area contributed by atoms with Gasteiger partial charge in [0.2, 0.25) is 0 Å². The van der Waals surface area contributed by atoms with Crippen molar-refractivity contribution in [2.75, 3.05) is 0 Å². The van der Waals surface area contributed by atoms with Crippen LogP contribution in [-0.2, 0) is 6.54 Å². The first-order valence-corrected chi connectivity index (χ1v) is 7.02. The number of nitro benzene ring substituents is 1. The largest absolute Gasteiger partial charge is 0.340 e. The van der Waals surface area contributed by atoms with E-state index in [1.165, 1.54) is 10.9 Å². The quantitative estimate of drug-likeness (QED) is 0.545. The van der Waals surface area contributed by atoms with Crippen LogP contribution in [0.1, 0.15) is 15.6 Å². The first kappa shape index (κ1) is 12.8. The number of hydrogen-bond donors (Lipinski definition) is 0. The summed E-state index contributed by atoms with van der Waals surface area (Å²) in [6, 6.07) is 6.89. The number of hydrogen-bond acceptors (Lipinski definition) is 4. The predicted octanol–water partition coefficient (Wildman–Crippen LogP) is 3.67. The third-order valence-corrected chi connectivity index (χ3v) is 4.40. The second kappa shape index (κ2) is 4.72.